The van der Waals surface area contributed by atoms with E-state index in [9.17, 15) is 0 Å². The average molecular weight is 486 g/mol. The molecule has 0 bridgehead atoms. The summed E-state index contributed by atoms with van der Waals surface area (Å²) in [7, 11) is 0. The summed E-state index contributed by atoms with van der Waals surface area (Å²) < 4.78 is 0. The van der Waals surface area contributed by atoms with E-state index in [-0.39, 0.29) is 136 Å². The first-order valence-electron chi connectivity index (χ1n) is 0. The van der Waals surface area contributed by atoms with E-state index in [0.717, 1.165) is 0 Å². The third kappa shape index (κ3) is 23.7. The summed E-state index contributed by atoms with van der Waals surface area (Å²) in [5, 5.41) is 0. The predicted molar refractivity (Wildman–Crippen MR) is 31.4 cm³/mol. The molecular weight excluding hydrogens is 480 g/mol. The van der Waals surface area contributed by atoms with Gasteiger partial charge in [0.2, 0.25) is 0 Å². The standard InChI is InChI=1S/Li.Na.Ni.Pb.Sn.Zn.6H. The Balaban J connectivity index is 0. The van der Waals surface area contributed by atoms with Crippen molar-refractivity contribution in [3.63, 3.8) is 0 Å². The van der Waals surface area contributed by atoms with Crippen LogP contribution in [0.4, 0.5) is 0 Å². The zero-order valence-electron chi connectivity index (χ0n) is 2.44. The number of hydrogen-bond donors (Lipinski definition) is 0. The van der Waals surface area contributed by atoms with Gasteiger partial charge < -0.3 is 0 Å². The number of hydrogen-bond acceptors (Lipinski definition) is 0. The van der Waals surface area contributed by atoms with E-state index in [0.29, 0.717) is 0 Å². The van der Waals surface area contributed by atoms with Crippen LogP contribution in [0.3, 0.4) is 0 Å². The fraction of sp³-hybridized carbons (Fsp3) is 0. The van der Waals surface area contributed by atoms with E-state index in [1.165, 1.54) is 0 Å². The Bertz CT molecular complexity index is 15.5. The summed E-state index contributed by atoms with van der Waals surface area (Å²) in [4.78, 5) is 0. The Morgan fingerprint density at radius 1 is 1.00 bits per heavy atom. The molecule has 6 heavy (non-hydrogen) atoms. The molecule has 0 aromatic carbocycles. The van der Waals surface area contributed by atoms with E-state index in [4.69, 9.17) is 0 Å². The van der Waals surface area contributed by atoms with Gasteiger partial charge in [-0.3, -0.25) is 0 Å². The first kappa shape index (κ1) is 47.2. The van der Waals surface area contributed by atoms with Gasteiger partial charge in [-0.15, -0.1) is 0 Å². The van der Waals surface area contributed by atoms with Crippen molar-refractivity contribution in [3.8, 4) is 0 Å². The van der Waals surface area contributed by atoms with Crippen LogP contribution in [-0.4, -0.2) is 99.6 Å². The normalized spacial score (nSPS) is 0. The van der Waals surface area contributed by atoms with Crippen molar-refractivity contribution in [2.45, 2.75) is 0 Å². The average Bonchev–Trinajstić information content (AvgIpc) is 0. The molecule has 28 valence electrons. The zero-order valence-corrected chi connectivity index (χ0v) is 15.9. The molecule has 0 spiro atoms. The quantitative estimate of drug-likeness (QED) is 0.318. The van der Waals surface area contributed by atoms with Crippen molar-refractivity contribution in [3.05, 3.63) is 0 Å². The van der Waals surface area contributed by atoms with Crippen LogP contribution >= 0.6 is 0 Å². The molecule has 0 nitrogen and oxygen atoms in total. The second-order valence-electron chi connectivity index (χ2n) is 0. The molecule has 0 saturated carbocycles. The minimum atomic E-state index is 0. The summed E-state index contributed by atoms with van der Waals surface area (Å²) in [5.41, 5.74) is 0. The van der Waals surface area contributed by atoms with Gasteiger partial charge in [-0.05, 0) is 0 Å². The molecule has 0 saturated heterocycles. The minimum Gasteiger partial charge on any atom is 0 e. The second-order valence-corrected chi connectivity index (χ2v) is 0. The van der Waals surface area contributed by atoms with E-state index in [1.54, 1.807) is 0 Å². The molecule has 0 aliphatic carbocycles. The van der Waals surface area contributed by atoms with Crippen LogP contribution in [0.15, 0.2) is 0 Å². The predicted octanol–water partition coefficient (Wildman–Crippen LogP) is -3.13. The molecule has 0 aliphatic rings. The molecule has 0 aliphatic heterocycles. The van der Waals surface area contributed by atoms with Crippen molar-refractivity contribution >= 4 is 99.6 Å². The van der Waals surface area contributed by atoms with Crippen molar-refractivity contribution in [1.29, 1.82) is 0 Å². The molecular formula is H6LiNaNiPbSnZn. The van der Waals surface area contributed by atoms with Crippen LogP contribution in [0.1, 0.15) is 0 Å². The molecule has 0 heterocycles. The van der Waals surface area contributed by atoms with Gasteiger partial charge in [-0.2, -0.15) is 0 Å². The summed E-state index contributed by atoms with van der Waals surface area (Å²) in [6, 6.07) is 0. The third-order valence-corrected chi connectivity index (χ3v) is 0. The summed E-state index contributed by atoms with van der Waals surface area (Å²) in [6.07, 6.45) is 0. The Morgan fingerprint density at radius 3 is 1.00 bits per heavy atom. The van der Waals surface area contributed by atoms with Gasteiger partial charge in [0.15, 0.2) is 0 Å². The van der Waals surface area contributed by atoms with Crippen molar-refractivity contribution in [1.82, 2.24) is 0 Å². The maximum atomic E-state index is 0. The first-order chi connectivity index (χ1) is 0. The molecule has 0 rings (SSSR count). The Hall–Kier alpha value is 4.44. The zero-order chi connectivity index (χ0) is 0. The van der Waals surface area contributed by atoms with Gasteiger partial charge in [0.25, 0.3) is 0 Å². The van der Waals surface area contributed by atoms with Gasteiger partial charge in [-0.1, -0.05) is 0 Å². The van der Waals surface area contributed by atoms with Crippen LogP contribution in [-0.2, 0) is 36.0 Å². The molecule has 0 unspecified atom stereocenters. The molecule has 0 amide bonds. The Kier molecular flexibility index (Phi) is 269. The van der Waals surface area contributed by atoms with Gasteiger partial charge in [0, 0.05) is 36.0 Å². The molecule has 4 radical (unpaired) electrons. The third-order valence-electron chi connectivity index (χ3n) is 0. The van der Waals surface area contributed by atoms with Crippen LogP contribution in [0.25, 0.3) is 0 Å². The fourth-order valence-corrected chi connectivity index (χ4v) is 0. The SMILES string of the molecule is [LiH].[NaH].[Ni].[PbH2].[SnH2].[Zn]. The maximum Gasteiger partial charge on any atom is 0 e. The van der Waals surface area contributed by atoms with Gasteiger partial charge in [0.05, 0.1) is 0 Å². The van der Waals surface area contributed by atoms with E-state index >= 15 is 0 Å². The van der Waals surface area contributed by atoms with Gasteiger partial charge in [-0.25, -0.2) is 0 Å². The second kappa shape index (κ2) is 34.1. The molecule has 0 N–H and O–H groups in total. The summed E-state index contributed by atoms with van der Waals surface area (Å²) in [6.45, 7) is 0. The van der Waals surface area contributed by atoms with Crippen LogP contribution < -0.4 is 0 Å². The largest absolute Gasteiger partial charge is 0 e. The smallest absolute Gasteiger partial charge is 0 e. The minimum absolute atomic E-state index is 0. The molecule has 0 aromatic heterocycles. The first-order valence-corrected chi connectivity index (χ1v) is 0. The van der Waals surface area contributed by atoms with Crippen LogP contribution in [0.5, 0.6) is 0 Å². The number of rotatable bonds is 0. The topological polar surface area (TPSA) is 0 Å². The molecule has 6 heteroatoms. The van der Waals surface area contributed by atoms with E-state index in [2.05, 4.69) is 0 Å². The van der Waals surface area contributed by atoms with E-state index < -0.39 is 0 Å². The molecule has 0 fully saturated rings. The van der Waals surface area contributed by atoms with Crippen molar-refractivity contribution < 1.29 is 36.0 Å². The van der Waals surface area contributed by atoms with E-state index in [1.807, 2.05) is 0 Å². The van der Waals surface area contributed by atoms with Crippen LogP contribution in [0, 0.1) is 0 Å². The van der Waals surface area contributed by atoms with Gasteiger partial charge in [0.1, 0.15) is 0 Å². The van der Waals surface area contributed by atoms with Crippen molar-refractivity contribution in [2.24, 2.45) is 0 Å². The Labute approximate surface area is 132 Å². The summed E-state index contributed by atoms with van der Waals surface area (Å²) in [5.74, 6) is 0. The monoisotopic (exact) mass is 486 g/mol. The Morgan fingerprint density at radius 2 is 1.00 bits per heavy atom. The maximum absolute atomic E-state index is 0. The molecule has 0 atom stereocenters. The van der Waals surface area contributed by atoms with Crippen LogP contribution in [0.2, 0.25) is 0 Å². The molecule has 0 aromatic rings. The summed E-state index contributed by atoms with van der Waals surface area (Å²) >= 11 is 0. The fourth-order valence-electron chi connectivity index (χ4n) is 0. The van der Waals surface area contributed by atoms with Crippen molar-refractivity contribution in [2.75, 3.05) is 0 Å². The van der Waals surface area contributed by atoms with Gasteiger partial charge >= 0.3 is 99.6 Å².